The van der Waals surface area contributed by atoms with Crippen LogP contribution in [0.15, 0.2) is 30.3 Å². The first-order valence-electron chi connectivity index (χ1n) is 16.2. The van der Waals surface area contributed by atoms with Crippen LogP contribution < -0.4 is 16.0 Å². The van der Waals surface area contributed by atoms with E-state index in [2.05, 4.69) is 47.7 Å². The van der Waals surface area contributed by atoms with Gasteiger partial charge in [-0.1, -0.05) is 44.2 Å². The quantitative estimate of drug-likeness (QED) is 0.298. The molecule has 3 atom stereocenters. The van der Waals surface area contributed by atoms with Gasteiger partial charge in [-0.3, -0.25) is 9.59 Å². The minimum atomic E-state index is -0.295. The van der Waals surface area contributed by atoms with Gasteiger partial charge in [0.25, 0.3) is 11.8 Å². The van der Waals surface area contributed by atoms with Gasteiger partial charge in [0.1, 0.15) is 10.3 Å². The molecule has 2 saturated heterocycles. The number of nitrogens with one attached hydrogen (secondary N) is 3. The number of carbonyl (C=O) groups excluding carboxylic acids is 2. The Labute approximate surface area is 264 Å². The summed E-state index contributed by atoms with van der Waals surface area (Å²) in [5, 5.41) is 20.0. The van der Waals surface area contributed by atoms with Gasteiger partial charge in [-0.15, -0.1) is 0 Å². The Morgan fingerprint density at radius 3 is 2.68 bits per heavy atom. The summed E-state index contributed by atoms with van der Waals surface area (Å²) < 4.78 is 0. The normalized spacial score (nSPS) is 22.1. The van der Waals surface area contributed by atoms with Crippen LogP contribution in [0.5, 0.6) is 0 Å². The highest BCUT2D eigenvalue weighted by Gasteiger charge is 2.30. The molecule has 2 unspecified atom stereocenters. The van der Waals surface area contributed by atoms with E-state index >= 15 is 0 Å². The molecule has 10 heteroatoms. The molecule has 4 N–H and O–H groups in total. The number of aryl methyl sites for hydroxylation is 1. The van der Waals surface area contributed by atoms with Crippen LogP contribution >= 0.6 is 11.3 Å². The van der Waals surface area contributed by atoms with Crippen molar-refractivity contribution in [2.24, 2.45) is 11.3 Å². The third kappa shape index (κ3) is 7.30. The Bertz CT molecular complexity index is 1490. The van der Waals surface area contributed by atoms with E-state index in [1.165, 1.54) is 16.9 Å². The highest BCUT2D eigenvalue weighted by Crippen LogP contribution is 2.38. The number of hydrogen-bond acceptors (Lipinski definition) is 8. The zero-order chi connectivity index (χ0) is 30.8. The van der Waals surface area contributed by atoms with Gasteiger partial charge < -0.3 is 26.0 Å². The number of hydrogen-bond donors (Lipinski definition) is 4. The second-order valence-electron chi connectivity index (χ2n) is 13.9. The molecule has 3 aromatic rings. The number of benzene rings is 1. The number of fused-ring (bicyclic) bond motifs is 2. The van der Waals surface area contributed by atoms with Gasteiger partial charge in [0.2, 0.25) is 0 Å². The van der Waals surface area contributed by atoms with Crippen LogP contribution in [0.4, 0.5) is 0 Å². The number of carbonyl (C=O) groups is 2. The summed E-state index contributed by atoms with van der Waals surface area (Å²) >= 11 is 1.35. The van der Waals surface area contributed by atoms with Crippen molar-refractivity contribution in [2.45, 2.75) is 83.9 Å². The summed E-state index contributed by atoms with van der Waals surface area (Å²) in [5.41, 5.74) is 4.93. The molecule has 0 spiro atoms. The van der Waals surface area contributed by atoms with Crippen LogP contribution in [0.2, 0.25) is 0 Å². The van der Waals surface area contributed by atoms with Crippen molar-refractivity contribution in [3.8, 4) is 0 Å². The topological polar surface area (TPSA) is 119 Å². The predicted molar refractivity (Wildman–Crippen MR) is 174 cm³/mol. The molecule has 2 amide bonds. The van der Waals surface area contributed by atoms with Crippen molar-refractivity contribution in [3.05, 3.63) is 57.7 Å². The number of aliphatic hydroxyl groups excluding tert-OH is 1. The Morgan fingerprint density at radius 2 is 1.93 bits per heavy atom. The summed E-state index contributed by atoms with van der Waals surface area (Å²) in [4.78, 5) is 39.6. The first-order chi connectivity index (χ1) is 21.1. The number of piperidine rings is 1. The second-order valence-corrected chi connectivity index (χ2v) is 14.9. The number of aliphatic hydroxyl groups is 1. The van der Waals surface area contributed by atoms with E-state index in [4.69, 9.17) is 9.97 Å². The van der Waals surface area contributed by atoms with Crippen molar-refractivity contribution in [2.75, 3.05) is 32.7 Å². The molecule has 0 radical (unpaired) electrons. The van der Waals surface area contributed by atoms with Crippen LogP contribution in [-0.4, -0.2) is 76.7 Å². The molecule has 1 aromatic carbocycles. The predicted octanol–water partition coefficient (Wildman–Crippen LogP) is 4.25. The van der Waals surface area contributed by atoms with Gasteiger partial charge in [0, 0.05) is 43.5 Å². The lowest BCUT2D eigenvalue weighted by molar-refractivity contribution is 0.0795. The van der Waals surface area contributed by atoms with Crippen LogP contribution in [0.1, 0.15) is 95.9 Å². The number of aromatic nitrogens is 2. The van der Waals surface area contributed by atoms with E-state index in [1.54, 1.807) is 0 Å². The third-order valence-corrected chi connectivity index (χ3v) is 10.7. The lowest BCUT2D eigenvalue weighted by Gasteiger charge is -2.34. The summed E-state index contributed by atoms with van der Waals surface area (Å²) in [6, 6.07) is 9.60. The van der Waals surface area contributed by atoms with Gasteiger partial charge in [-0.25, -0.2) is 9.97 Å². The molecule has 2 aromatic heterocycles. The third-order valence-electron chi connectivity index (χ3n) is 9.71. The van der Waals surface area contributed by atoms with E-state index in [9.17, 15) is 14.7 Å². The number of likely N-dealkylation sites (tertiary alicyclic amines) is 1. The highest BCUT2D eigenvalue weighted by atomic mass is 32.1. The van der Waals surface area contributed by atoms with Crippen molar-refractivity contribution < 1.29 is 14.7 Å². The van der Waals surface area contributed by atoms with Crippen molar-refractivity contribution in [1.82, 2.24) is 30.8 Å². The molecular weight excluding hydrogens is 572 g/mol. The van der Waals surface area contributed by atoms with Gasteiger partial charge in [0.05, 0.1) is 12.1 Å². The van der Waals surface area contributed by atoms with E-state index in [1.807, 2.05) is 24.3 Å². The average molecular weight is 619 g/mol. The van der Waals surface area contributed by atoms with E-state index < -0.39 is 0 Å². The molecule has 4 heterocycles. The van der Waals surface area contributed by atoms with Gasteiger partial charge in [-0.2, -0.15) is 0 Å². The van der Waals surface area contributed by atoms with Gasteiger partial charge in [0.15, 0.2) is 5.01 Å². The molecule has 44 heavy (non-hydrogen) atoms. The first kappa shape index (κ1) is 31.1. The Morgan fingerprint density at radius 1 is 1.11 bits per heavy atom. The molecule has 0 bridgehead atoms. The van der Waals surface area contributed by atoms with E-state index in [0.717, 1.165) is 92.9 Å². The summed E-state index contributed by atoms with van der Waals surface area (Å²) in [6.07, 6.45) is 6.00. The maximum absolute atomic E-state index is 13.7. The fraction of sp³-hybridized carbons (Fsp3) is 0.588. The van der Waals surface area contributed by atoms with Gasteiger partial charge >= 0.3 is 0 Å². The Hall–Kier alpha value is -2.92. The minimum absolute atomic E-state index is 0.0921. The number of amides is 2. The fourth-order valence-corrected chi connectivity index (χ4v) is 7.63. The van der Waals surface area contributed by atoms with Crippen LogP contribution in [0, 0.1) is 11.3 Å². The smallest absolute Gasteiger partial charge is 0.280 e. The summed E-state index contributed by atoms with van der Waals surface area (Å²) in [7, 11) is 0. The molecular formula is C34H46N6O3S. The maximum atomic E-state index is 13.7. The number of rotatable bonds is 8. The Kier molecular flexibility index (Phi) is 9.33. The molecule has 236 valence electrons. The van der Waals surface area contributed by atoms with Crippen LogP contribution in [0.25, 0.3) is 10.3 Å². The van der Waals surface area contributed by atoms with Crippen molar-refractivity contribution in [1.29, 1.82) is 0 Å². The lowest BCUT2D eigenvalue weighted by atomic mass is 9.71. The molecule has 1 aliphatic carbocycles. The zero-order valence-corrected chi connectivity index (χ0v) is 27.0. The largest absolute Gasteiger partial charge is 0.393 e. The molecule has 2 aliphatic heterocycles. The SMILES string of the molecule is CC(C)(C)[C@H]1CCc2nc3sc(C(=O)NC(CCN4CCC(O)CC4)c4cccc(C(=O)NC5CCNC5)c4)nc3cc2C1. The van der Waals surface area contributed by atoms with Crippen LogP contribution in [-0.2, 0) is 12.8 Å². The number of nitrogens with zero attached hydrogens (tertiary/aromatic N) is 3. The molecule has 2 fully saturated rings. The Balaban J connectivity index is 1.21. The monoisotopic (exact) mass is 618 g/mol. The fourth-order valence-electron chi connectivity index (χ4n) is 6.79. The van der Waals surface area contributed by atoms with Crippen LogP contribution in [0.3, 0.4) is 0 Å². The van der Waals surface area contributed by atoms with Crippen molar-refractivity contribution >= 4 is 33.5 Å². The van der Waals surface area contributed by atoms with Gasteiger partial charge in [-0.05, 0) is 92.1 Å². The average Bonchev–Trinajstić information content (AvgIpc) is 3.68. The summed E-state index contributed by atoms with van der Waals surface area (Å²) in [6.45, 7) is 11.1. The molecule has 9 nitrogen and oxygen atoms in total. The minimum Gasteiger partial charge on any atom is -0.393 e. The lowest BCUT2D eigenvalue weighted by Crippen LogP contribution is -2.38. The van der Waals surface area contributed by atoms with E-state index in [-0.39, 0.29) is 35.4 Å². The number of pyridine rings is 1. The maximum Gasteiger partial charge on any atom is 0.280 e. The molecule has 0 saturated carbocycles. The standard InChI is InChI=1S/C34H46N6O3S/c1-34(2,3)24-7-8-27-23(18-24)19-29-32(38-27)44-33(39-29)31(43)37-28(12-16-40-14-10-26(41)11-15-40)21-5-4-6-22(17-21)30(42)36-25-9-13-35-20-25/h4-6,17,19,24-26,28,35,41H,7-16,18,20H2,1-3H3,(H,36,42)(H,37,43)/t24-,25?,28?/m0/s1. The molecule has 3 aliphatic rings. The molecule has 6 rings (SSSR count). The highest BCUT2D eigenvalue weighted by molar-refractivity contribution is 7.19. The van der Waals surface area contributed by atoms with Crippen molar-refractivity contribution in [3.63, 3.8) is 0 Å². The second kappa shape index (κ2) is 13.2. The summed E-state index contributed by atoms with van der Waals surface area (Å²) in [5.74, 6) is 0.294. The first-order valence-corrected chi connectivity index (χ1v) is 17.1. The zero-order valence-electron chi connectivity index (χ0n) is 26.2. The van der Waals surface area contributed by atoms with E-state index in [0.29, 0.717) is 22.9 Å². The number of thiazole rings is 1.